The monoisotopic (exact) mass is 280 g/mol. The first-order valence-corrected chi connectivity index (χ1v) is 7.04. The molecule has 7 heteroatoms. The number of hydrogen-bond donors (Lipinski definition) is 1. The van der Waals surface area contributed by atoms with Gasteiger partial charge in [-0.05, 0) is 13.3 Å². The predicted octanol–water partition coefficient (Wildman–Crippen LogP) is 0.983. The van der Waals surface area contributed by atoms with Crippen LogP contribution >= 0.6 is 0 Å². The van der Waals surface area contributed by atoms with Gasteiger partial charge < -0.3 is 19.9 Å². The van der Waals surface area contributed by atoms with E-state index in [4.69, 9.17) is 4.74 Å². The fourth-order valence-corrected chi connectivity index (χ4v) is 2.22. The zero-order chi connectivity index (χ0) is 14.7. The van der Waals surface area contributed by atoms with Crippen LogP contribution in [0.3, 0.4) is 0 Å². The topological polar surface area (TPSA) is 66.4 Å². The summed E-state index contributed by atoms with van der Waals surface area (Å²) in [5.41, 5.74) is 0. The fourth-order valence-electron chi connectivity index (χ4n) is 2.22. The van der Waals surface area contributed by atoms with Crippen LogP contribution in [0.4, 0.5) is 17.8 Å². The fraction of sp³-hybridized carbons (Fsp3) is 0.769. The van der Waals surface area contributed by atoms with E-state index >= 15 is 0 Å². The lowest BCUT2D eigenvalue weighted by molar-refractivity contribution is 0.0292. The van der Waals surface area contributed by atoms with E-state index in [2.05, 4.69) is 39.0 Å². The van der Waals surface area contributed by atoms with Crippen LogP contribution in [-0.2, 0) is 4.74 Å². The average molecular weight is 280 g/mol. The van der Waals surface area contributed by atoms with Crippen molar-refractivity contribution in [2.75, 3.05) is 49.4 Å². The van der Waals surface area contributed by atoms with Crippen molar-refractivity contribution in [3.8, 4) is 0 Å². The summed E-state index contributed by atoms with van der Waals surface area (Å²) in [5.74, 6) is 1.97. The average Bonchev–Trinajstić information content (AvgIpc) is 2.46. The van der Waals surface area contributed by atoms with Crippen molar-refractivity contribution in [2.45, 2.75) is 32.4 Å². The first-order chi connectivity index (χ1) is 9.55. The summed E-state index contributed by atoms with van der Waals surface area (Å²) in [6, 6.07) is 0.313. The Balaban J connectivity index is 2.35. The number of ether oxygens (including phenoxy) is 1. The largest absolute Gasteiger partial charge is 0.375 e. The van der Waals surface area contributed by atoms with Gasteiger partial charge in [0.25, 0.3) is 0 Å². The summed E-state index contributed by atoms with van der Waals surface area (Å²) in [4.78, 5) is 17.5. The number of morpholine rings is 1. The Morgan fingerprint density at radius 1 is 1.35 bits per heavy atom. The van der Waals surface area contributed by atoms with Gasteiger partial charge in [0.15, 0.2) is 0 Å². The molecule has 2 heterocycles. The zero-order valence-electron chi connectivity index (χ0n) is 12.9. The molecule has 1 aliphatic rings. The van der Waals surface area contributed by atoms with Gasteiger partial charge in [0, 0.05) is 27.7 Å². The molecular weight excluding hydrogens is 256 g/mol. The lowest BCUT2D eigenvalue weighted by Crippen LogP contribution is -2.49. The molecule has 112 valence electrons. The van der Waals surface area contributed by atoms with Crippen LogP contribution in [0.5, 0.6) is 0 Å². The lowest BCUT2D eigenvalue weighted by Gasteiger charge is -2.38. The Bertz CT molecular complexity index is 452. The highest BCUT2D eigenvalue weighted by Gasteiger charge is 2.28. The molecule has 0 amide bonds. The van der Waals surface area contributed by atoms with Crippen LogP contribution in [0, 0.1) is 0 Å². The molecule has 1 fully saturated rings. The van der Waals surface area contributed by atoms with Crippen LogP contribution in [0.1, 0.15) is 20.3 Å². The van der Waals surface area contributed by atoms with Crippen LogP contribution in [0.25, 0.3) is 0 Å². The van der Waals surface area contributed by atoms with Gasteiger partial charge in [0.05, 0.1) is 18.8 Å². The van der Waals surface area contributed by atoms with Crippen LogP contribution in [0.15, 0.2) is 0 Å². The molecule has 20 heavy (non-hydrogen) atoms. The molecule has 2 rings (SSSR count). The van der Waals surface area contributed by atoms with Crippen molar-refractivity contribution >= 4 is 17.8 Å². The van der Waals surface area contributed by atoms with Gasteiger partial charge in [-0.2, -0.15) is 15.0 Å². The number of anilines is 3. The molecule has 2 atom stereocenters. The molecule has 1 aromatic rings. The molecule has 1 aliphatic heterocycles. The van der Waals surface area contributed by atoms with Crippen molar-refractivity contribution < 1.29 is 4.74 Å². The van der Waals surface area contributed by atoms with Crippen LogP contribution in [-0.4, -0.2) is 61.4 Å². The SMILES string of the molecule is CCC1COC(C)CN1c1nc(NC)nc(N(C)C)n1. The summed E-state index contributed by atoms with van der Waals surface area (Å²) in [6.45, 7) is 5.75. The maximum Gasteiger partial charge on any atom is 0.232 e. The minimum Gasteiger partial charge on any atom is -0.375 e. The predicted molar refractivity (Wildman–Crippen MR) is 80.5 cm³/mol. The Morgan fingerprint density at radius 2 is 2.10 bits per heavy atom. The van der Waals surface area contributed by atoms with E-state index in [0.717, 1.165) is 25.5 Å². The normalized spacial score (nSPS) is 22.8. The molecule has 1 N–H and O–H groups in total. The highest BCUT2D eigenvalue weighted by molar-refractivity contribution is 5.45. The third-order valence-corrected chi connectivity index (χ3v) is 3.43. The first-order valence-electron chi connectivity index (χ1n) is 7.04. The van der Waals surface area contributed by atoms with E-state index in [9.17, 15) is 0 Å². The molecule has 7 nitrogen and oxygen atoms in total. The summed E-state index contributed by atoms with van der Waals surface area (Å²) >= 11 is 0. The molecule has 0 saturated carbocycles. The van der Waals surface area contributed by atoms with E-state index in [0.29, 0.717) is 17.9 Å². The zero-order valence-corrected chi connectivity index (χ0v) is 12.9. The Morgan fingerprint density at radius 3 is 2.70 bits per heavy atom. The quantitative estimate of drug-likeness (QED) is 0.882. The second-order valence-electron chi connectivity index (χ2n) is 5.26. The van der Waals surface area contributed by atoms with Crippen molar-refractivity contribution in [3.05, 3.63) is 0 Å². The van der Waals surface area contributed by atoms with Gasteiger partial charge in [-0.25, -0.2) is 0 Å². The van der Waals surface area contributed by atoms with E-state index in [1.165, 1.54) is 0 Å². The standard InChI is InChI=1S/C13H24N6O/c1-6-10-8-20-9(2)7-19(10)13-16-11(14-3)15-12(17-13)18(4)5/h9-10H,6-8H2,1-5H3,(H,14,15,16,17). The van der Waals surface area contributed by atoms with E-state index < -0.39 is 0 Å². The van der Waals surface area contributed by atoms with Crippen molar-refractivity contribution in [1.82, 2.24) is 15.0 Å². The maximum absolute atomic E-state index is 5.73. The Kier molecular flexibility index (Phi) is 4.59. The van der Waals surface area contributed by atoms with E-state index in [1.807, 2.05) is 26.0 Å². The van der Waals surface area contributed by atoms with Gasteiger partial charge in [0.2, 0.25) is 17.8 Å². The van der Waals surface area contributed by atoms with Crippen molar-refractivity contribution in [3.63, 3.8) is 0 Å². The van der Waals surface area contributed by atoms with Crippen LogP contribution < -0.4 is 15.1 Å². The minimum absolute atomic E-state index is 0.190. The summed E-state index contributed by atoms with van der Waals surface area (Å²) in [5, 5.41) is 3.00. The second kappa shape index (κ2) is 6.21. The molecule has 0 aromatic carbocycles. The van der Waals surface area contributed by atoms with Gasteiger partial charge in [0.1, 0.15) is 0 Å². The number of rotatable bonds is 4. The van der Waals surface area contributed by atoms with Crippen molar-refractivity contribution in [1.29, 1.82) is 0 Å². The number of aromatic nitrogens is 3. The number of nitrogens with one attached hydrogen (secondary N) is 1. The Labute approximate surface area is 120 Å². The first kappa shape index (κ1) is 14.8. The third-order valence-electron chi connectivity index (χ3n) is 3.43. The molecule has 1 aromatic heterocycles. The minimum atomic E-state index is 0.190. The molecule has 0 aliphatic carbocycles. The molecule has 1 saturated heterocycles. The van der Waals surface area contributed by atoms with Crippen LogP contribution in [0.2, 0.25) is 0 Å². The lowest BCUT2D eigenvalue weighted by atomic mass is 10.1. The Hall–Kier alpha value is -1.63. The van der Waals surface area contributed by atoms with Gasteiger partial charge in [-0.15, -0.1) is 0 Å². The summed E-state index contributed by atoms with van der Waals surface area (Å²) < 4.78 is 5.73. The molecular formula is C13H24N6O. The maximum atomic E-state index is 5.73. The van der Waals surface area contributed by atoms with Gasteiger partial charge >= 0.3 is 0 Å². The van der Waals surface area contributed by atoms with Gasteiger partial charge in [-0.3, -0.25) is 0 Å². The van der Waals surface area contributed by atoms with Crippen molar-refractivity contribution in [2.24, 2.45) is 0 Å². The molecule has 0 radical (unpaired) electrons. The highest BCUT2D eigenvalue weighted by atomic mass is 16.5. The highest BCUT2D eigenvalue weighted by Crippen LogP contribution is 2.22. The summed E-state index contributed by atoms with van der Waals surface area (Å²) in [7, 11) is 5.67. The number of hydrogen-bond acceptors (Lipinski definition) is 7. The van der Waals surface area contributed by atoms with E-state index in [1.54, 1.807) is 0 Å². The summed E-state index contributed by atoms with van der Waals surface area (Å²) in [6.07, 6.45) is 1.19. The smallest absolute Gasteiger partial charge is 0.232 e. The van der Waals surface area contributed by atoms with E-state index in [-0.39, 0.29) is 6.10 Å². The molecule has 0 spiro atoms. The second-order valence-corrected chi connectivity index (χ2v) is 5.26. The number of nitrogens with zero attached hydrogens (tertiary/aromatic N) is 5. The van der Waals surface area contributed by atoms with Gasteiger partial charge in [-0.1, -0.05) is 6.92 Å². The molecule has 2 unspecified atom stereocenters. The third kappa shape index (κ3) is 3.09. The molecule has 0 bridgehead atoms.